The van der Waals surface area contributed by atoms with Gasteiger partial charge in [0.05, 0.1) is 0 Å². The van der Waals surface area contributed by atoms with E-state index in [0.29, 0.717) is 19.3 Å². The first-order chi connectivity index (χ1) is 32.0. The molecule has 0 spiro atoms. The number of hydrogen-bond acceptors (Lipinski definition) is 6. The lowest BCUT2D eigenvalue weighted by Crippen LogP contribution is -2.30. The van der Waals surface area contributed by atoms with Gasteiger partial charge in [0, 0.05) is 19.3 Å². The molecule has 0 N–H and O–H groups in total. The van der Waals surface area contributed by atoms with Crippen LogP contribution < -0.4 is 0 Å². The normalized spacial score (nSPS) is 12.4. The van der Waals surface area contributed by atoms with E-state index in [0.717, 1.165) is 83.5 Å². The van der Waals surface area contributed by atoms with Gasteiger partial charge in [-0.2, -0.15) is 0 Å². The Morgan fingerprint density at radius 3 is 0.954 bits per heavy atom. The summed E-state index contributed by atoms with van der Waals surface area (Å²) >= 11 is 0. The molecule has 0 bridgehead atoms. The topological polar surface area (TPSA) is 78.9 Å². The van der Waals surface area contributed by atoms with E-state index in [9.17, 15) is 14.4 Å². The first-order valence-corrected chi connectivity index (χ1v) is 28.1. The van der Waals surface area contributed by atoms with E-state index in [1.807, 2.05) is 0 Å². The quantitative estimate of drug-likeness (QED) is 0.0262. The van der Waals surface area contributed by atoms with Crippen LogP contribution >= 0.6 is 0 Å². The van der Waals surface area contributed by atoms with Crippen LogP contribution in [0.5, 0.6) is 0 Å². The van der Waals surface area contributed by atoms with Crippen molar-refractivity contribution >= 4 is 17.9 Å². The molecule has 0 heterocycles. The molecule has 6 heteroatoms. The standard InChI is InChI=1S/C59H106O6/c1-4-7-10-13-16-19-22-25-27-29-30-31-33-34-37-40-43-46-49-52-58(61)64-55-56(54-63-57(60)51-48-45-42-39-36-24-21-18-15-12-9-6-3)65-59(62)53-50-47-44-41-38-35-32-28-26-23-20-17-14-11-8-5-2/h7,10,16,19,25,27-28,32,56H,4-6,8-9,11-15,17-18,20-24,26,29-31,33-55H2,1-3H3/b10-7-,19-16-,27-25-,32-28-. The Morgan fingerprint density at radius 2 is 0.600 bits per heavy atom. The molecule has 0 saturated heterocycles. The summed E-state index contributed by atoms with van der Waals surface area (Å²) < 4.78 is 16.8. The fourth-order valence-corrected chi connectivity index (χ4v) is 8.10. The molecule has 0 rings (SSSR count). The van der Waals surface area contributed by atoms with E-state index in [1.54, 1.807) is 0 Å². The van der Waals surface area contributed by atoms with Crippen molar-refractivity contribution in [3.05, 3.63) is 48.6 Å². The van der Waals surface area contributed by atoms with Gasteiger partial charge in [0.1, 0.15) is 13.2 Å². The number of unbranched alkanes of at least 4 members (excludes halogenated alkanes) is 32. The zero-order valence-corrected chi connectivity index (χ0v) is 43.3. The van der Waals surface area contributed by atoms with Gasteiger partial charge in [-0.25, -0.2) is 0 Å². The SMILES string of the molecule is CC/C=C\C/C=C\C/C=C\CCCCCCCCCCCC(=O)OCC(COC(=O)CCCCCCCCCCCCCC)OC(=O)CCCCCCC/C=C\CCCCCCCCC. The van der Waals surface area contributed by atoms with Crippen LogP contribution in [-0.2, 0) is 28.6 Å². The van der Waals surface area contributed by atoms with Crippen molar-refractivity contribution in [2.75, 3.05) is 13.2 Å². The monoisotopic (exact) mass is 911 g/mol. The Balaban J connectivity index is 4.34. The van der Waals surface area contributed by atoms with Crippen molar-refractivity contribution in [1.82, 2.24) is 0 Å². The second-order valence-corrected chi connectivity index (χ2v) is 18.8. The molecule has 378 valence electrons. The third kappa shape index (κ3) is 52.2. The molecule has 1 unspecified atom stereocenters. The maximum Gasteiger partial charge on any atom is 0.306 e. The number of rotatable bonds is 51. The first-order valence-electron chi connectivity index (χ1n) is 28.1. The van der Waals surface area contributed by atoms with Gasteiger partial charge in [0.25, 0.3) is 0 Å². The molecule has 0 radical (unpaired) electrons. The minimum Gasteiger partial charge on any atom is -0.462 e. The van der Waals surface area contributed by atoms with Crippen LogP contribution in [0.25, 0.3) is 0 Å². The fraction of sp³-hybridized carbons (Fsp3) is 0.814. The van der Waals surface area contributed by atoms with Crippen molar-refractivity contribution in [1.29, 1.82) is 0 Å². The number of carbonyl (C=O) groups is 3. The molecule has 0 aromatic rings. The summed E-state index contributed by atoms with van der Waals surface area (Å²) in [6.07, 6.45) is 65.2. The zero-order valence-electron chi connectivity index (χ0n) is 43.3. The van der Waals surface area contributed by atoms with Gasteiger partial charge in [-0.3, -0.25) is 14.4 Å². The lowest BCUT2D eigenvalue weighted by Gasteiger charge is -2.18. The van der Waals surface area contributed by atoms with E-state index in [-0.39, 0.29) is 31.1 Å². The predicted molar refractivity (Wildman–Crippen MR) is 279 cm³/mol. The zero-order chi connectivity index (χ0) is 47.2. The first kappa shape index (κ1) is 62.4. The van der Waals surface area contributed by atoms with E-state index < -0.39 is 6.10 Å². The molecule has 0 aromatic heterocycles. The Kier molecular flexibility index (Phi) is 51.8. The Bertz CT molecular complexity index is 1140. The molecular formula is C59H106O6. The molecule has 0 aliphatic heterocycles. The average molecular weight is 911 g/mol. The molecule has 0 fully saturated rings. The van der Waals surface area contributed by atoms with Gasteiger partial charge < -0.3 is 14.2 Å². The second-order valence-electron chi connectivity index (χ2n) is 18.8. The van der Waals surface area contributed by atoms with Gasteiger partial charge >= 0.3 is 17.9 Å². The van der Waals surface area contributed by atoms with Gasteiger partial charge in [0.15, 0.2) is 6.10 Å². The van der Waals surface area contributed by atoms with Crippen LogP contribution in [0.1, 0.15) is 290 Å². The third-order valence-corrected chi connectivity index (χ3v) is 12.3. The van der Waals surface area contributed by atoms with Crippen LogP contribution in [0.15, 0.2) is 48.6 Å². The lowest BCUT2D eigenvalue weighted by molar-refractivity contribution is -0.167. The highest BCUT2D eigenvalue weighted by Crippen LogP contribution is 2.16. The van der Waals surface area contributed by atoms with E-state index in [2.05, 4.69) is 69.4 Å². The summed E-state index contributed by atoms with van der Waals surface area (Å²) in [7, 11) is 0. The second kappa shape index (κ2) is 54.0. The smallest absolute Gasteiger partial charge is 0.306 e. The Labute approximate surface area is 403 Å². The van der Waals surface area contributed by atoms with Crippen LogP contribution in [-0.4, -0.2) is 37.2 Å². The van der Waals surface area contributed by atoms with E-state index >= 15 is 0 Å². The van der Waals surface area contributed by atoms with Gasteiger partial charge in [-0.05, 0) is 77.0 Å². The molecule has 0 aromatic carbocycles. The molecule has 0 amide bonds. The highest BCUT2D eigenvalue weighted by molar-refractivity contribution is 5.71. The number of esters is 3. The molecule has 0 aliphatic carbocycles. The van der Waals surface area contributed by atoms with Crippen molar-refractivity contribution in [3.63, 3.8) is 0 Å². The lowest BCUT2D eigenvalue weighted by atomic mass is 10.0. The predicted octanol–water partition coefficient (Wildman–Crippen LogP) is 18.7. The fourth-order valence-electron chi connectivity index (χ4n) is 8.10. The van der Waals surface area contributed by atoms with E-state index in [1.165, 1.54) is 167 Å². The van der Waals surface area contributed by atoms with Crippen LogP contribution in [0.4, 0.5) is 0 Å². The number of allylic oxidation sites excluding steroid dienone is 8. The number of carbonyl (C=O) groups excluding carboxylic acids is 3. The average Bonchev–Trinajstić information content (AvgIpc) is 3.30. The van der Waals surface area contributed by atoms with Crippen molar-refractivity contribution < 1.29 is 28.6 Å². The summed E-state index contributed by atoms with van der Waals surface area (Å²) in [6.45, 7) is 6.54. The van der Waals surface area contributed by atoms with Crippen molar-refractivity contribution in [3.8, 4) is 0 Å². The Morgan fingerprint density at radius 1 is 0.323 bits per heavy atom. The minimum atomic E-state index is -0.777. The van der Waals surface area contributed by atoms with Crippen LogP contribution in [0, 0.1) is 0 Å². The summed E-state index contributed by atoms with van der Waals surface area (Å²) in [5.74, 6) is -0.877. The molecule has 1 atom stereocenters. The maximum absolute atomic E-state index is 12.8. The third-order valence-electron chi connectivity index (χ3n) is 12.3. The Hall–Kier alpha value is -2.63. The number of hydrogen-bond donors (Lipinski definition) is 0. The molecule has 65 heavy (non-hydrogen) atoms. The van der Waals surface area contributed by atoms with Gasteiger partial charge in [-0.1, -0.05) is 243 Å². The maximum atomic E-state index is 12.8. The highest BCUT2D eigenvalue weighted by atomic mass is 16.6. The molecular weight excluding hydrogens is 805 g/mol. The van der Waals surface area contributed by atoms with Crippen molar-refractivity contribution in [2.24, 2.45) is 0 Å². The molecule has 6 nitrogen and oxygen atoms in total. The van der Waals surface area contributed by atoms with Crippen LogP contribution in [0.2, 0.25) is 0 Å². The summed E-state index contributed by atoms with van der Waals surface area (Å²) in [4.78, 5) is 38.1. The summed E-state index contributed by atoms with van der Waals surface area (Å²) in [5, 5.41) is 0. The highest BCUT2D eigenvalue weighted by Gasteiger charge is 2.19. The largest absolute Gasteiger partial charge is 0.462 e. The summed E-state index contributed by atoms with van der Waals surface area (Å²) in [5.41, 5.74) is 0. The van der Waals surface area contributed by atoms with Gasteiger partial charge in [-0.15, -0.1) is 0 Å². The molecule has 0 saturated carbocycles. The van der Waals surface area contributed by atoms with E-state index in [4.69, 9.17) is 14.2 Å². The van der Waals surface area contributed by atoms with Crippen LogP contribution in [0.3, 0.4) is 0 Å². The van der Waals surface area contributed by atoms with Gasteiger partial charge in [0.2, 0.25) is 0 Å². The minimum absolute atomic E-state index is 0.0751. The molecule has 0 aliphatic rings. The number of ether oxygens (including phenoxy) is 3. The van der Waals surface area contributed by atoms with Crippen molar-refractivity contribution in [2.45, 2.75) is 297 Å². The summed E-state index contributed by atoms with van der Waals surface area (Å²) in [6, 6.07) is 0.